The average Bonchev–Trinajstić information content (AvgIpc) is 2.72. The molecule has 1 aromatic heterocycles. The highest BCUT2D eigenvalue weighted by molar-refractivity contribution is 14.1. The van der Waals surface area contributed by atoms with Crippen LogP contribution in [0.2, 0.25) is 0 Å². The Hall–Kier alpha value is 0.390. The quantitative estimate of drug-likeness (QED) is 0.839. The predicted molar refractivity (Wildman–Crippen MR) is 56.9 cm³/mol. The SMILES string of the molecule is Ic1cc(CNC2CC2)cs1. The summed E-state index contributed by atoms with van der Waals surface area (Å²) in [6, 6.07) is 3.08. The molecular weight excluding hydrogens is 269 g/mol. The van der Waals surface area contributed by atoms with Crippen molar-refractivity contribution in [2.75, 3.05) is 0 Å². The number of halogens is 1. The molecule has 0 bridgehead atoms. The Morgan fingerprint density at radius 2 is 2.45 bits per heavy atom. The topological polar surface area (TPSA) is 12.0 Å². The molecule has 0 spiro atoms. The van der Waals surface area contributed by atoms with Crippen molar-refractivity contribution in [2.24, 2.45) is 0 Å². The molecule has 1 heterocycles. The molecule has 0 amide bonds. The van der Waals surface area contributed by atoms with Gasteiger partial charge in [0, 0.05) is 12.6 Å². The van der Waals surface area contributed by atoms with E-state index >= 15 is 0 Å². The van der Waals surface area contributed by atoms with Crippen LogP contribution in [0.25, 0.3) is 0 Å². The van der Waals surface area contributed by atoms with E-state index in [-0.39, 0.29) is 0 Å². The molecular formula is C8H10INS. The fraction of sp³-hybridized carbons (Fsp3) is 0.500. The molecule has 1 aromatic rings. The lowest BCUT2D eigenvalue weighted by Gasteiger charge is -1.97. The third-order valence-corrected chi connectivity index (χ3v) is 3.63. The molecule has 1 saturated carbocycles. The Labute approximate surface area is 84.3 Å². The zero-order valence-corrected chi connectivity index (χ0v) is 9.11. The number of rotatable bonds is 3. The van der Waals surface area contributed by atoms with E-state index in [1.807, 2.05) is 11.3 Å². The van der Waals surface area contributed by atoms with Gasteiger partial charge in [0.15, 0.2) is 0 Å². The molecule has 2 rings (SSSR count). The van der Waals surface area contributed by atoms with Crippen LogP contribution in [0.4, 0.5) is 0 Å². The fourth-order valence-corrected chi connectivity index (χ4v) is 2.40. The molecule has 0 atom stereocenters. The molecule has 0 aromatic carbocycles. The van der Waals surface area contributed by atoms with Crippen molar-refractivity contribution in [2.45, 2.75) is 25.4 Å². The standard InChI is InChI=1S/C8H10INS/c9-8-3-6(5-11-8)4-10-7-1-2-7/h3,5,7,10H,1-2,4H2. The van der Waals surface area contributed by atoms with E-state index in [0.717, 1.165) is 12.6 Å². The van der Waals surface area contributed by atoms with Crippen molar-refractivity contribution in [3.63, 3.8) is 0 Å². The van der Waals surface area contributed by atoms with Gasteiger partial charge in [-0.3, -0.25) is 0 Å². The summed E-state index contributed by atoms with van der Waals surface area (Å²) in [4.78, 5) is 0. The number of thiophene rings is 1. The highest BCUT2D eigenvalue weighted by Crippen LogP contribution is 2.21. The highest BCUT2D eigenvalue weighted by Gasteiger charge is 2.19. The highest BCUT2D eigenvalue weighted by atomic mass is 127. The minimum absolute atomic E-state index is 0.826. The average molecular weight is 279 g/mol. The van der Waals surface area contributed by atoms with Crippen molar-refractivity contribution in [3.05, 3.63) is 19.9 Å². The van der Waals surface area contributed by atoms with Crippen molar-refractivity contribution >= 4 is 33.9 Å². The summed E-state index contributed by atoms with van der Waals surface area (Å²) in [6.07, 6.45) is 2.75. The Morgan fingerprint density at radius 1 is 1.64 bits per heavy atom. The molecule has 3 heteroatoms. The normalized spacial score (nSPS) is 17.2. The van der Waals surface area contributed by atoms with Crippen LogP contribution in [-0.4, -0.2) is 6.04 Å². The molecule has 1 nitrogen and oxygen atoms in total. The summed E-state index contributed by atoms with van der Waals surface area (Å²) in [5.74, 6) is 0. The van der Waals surface area contributed by atoms with Gasteiger partial charge in [0.1, 0.15) is 0 Å². The Bertz CT molecular complexity index is 242. The summed E-state index contributed by atoms with van der Waals surface area (Å²) in [7, 11) is 0. The third-order valence-electron chi connectivity index (χ3n) is 1.79. The van der Waals surface area contributed by atoms with Gasteiger partial charge in [0.2, 0.25) is 0 Å². The van der Waals surface area contributed by atoms with Gasteiger partial charge in [-0.1, -0.05) is 0 Å². The Morgan fingerprint density at radius 3 is 3.00 bits per heavy atom. The summed E-state index contributed by atoms with van der Waals surface area (Å²) in [5.41, 5.74) is 1.44. The minimum Gasteiger partial charge on any atom is -0.310 e. The predicted octanol–water partition coefficient (Wildman–Crippen LogP) is 2.60. The van der Waals surface area contributed by atoms with Gasteiger partial charge in [0.25, 0.3) is 0 Å². The first-order valence-corrected chi connectivity index (χ1v) is 5.77. The van der Waals surface area contributed by atoms with Gasteiger partial charge in [0.05, 0.1) is 2.88 Å². The molecule has 1 aliphatic rings. The van der Waals surface area contributed by atoms with Gasteiger partial charge >= 0.3 is 0 Å². The minimum atomic E-state index is 0.826. The molecule has 0 aliphatic heterocycles. The first kappa shape index (κ1) is 8.01. The largest absolute Gasteiger partial charge is 0.310 e. The van der Waals surface area contributed by atoms with Crippen molar-refractivity contribution in [1.82, 2.24) is 5.32 Å². The number of hydrogen-bond donors (Lipinski definition) is 1. The van der Waals surface area contributed by atoms with Gasteiger partial charge in [-0.05, 0) is 52.4 Å². The lowest BCUT2D eigenvalue weighted by molar-refractivity contribution is 0.689. The lowest BCUT2D eigenvalue weighted by Crippen LogP contribution is -2.14. The van der Waals surface area contributed by atoms with Gasteiger partial charge in [-0.2, -0.15) is 0 Å². The zero-order chi connectivity index (χ0) is 7.68. The van der Waals surface area contributed by atoms with Gasteiger partial charge in [-0.25, -0.2) is 0 Å². The summed E-state index contributed by atoms with van der Waals surface area (Å²) >= 11 is 4.19. The van der Waals surface area contributed by atoms with Crippen LogP contribution in [0, 0.1) is 2.88 Å². The summed E-state index contributed by atoms with van der Waals surface area (Å²) < 4.78 is 1.38. The first-order chi connectivity index (χ1) is 5.34. The lowest BCUT2D eigenvalue weighted by atomic mass is 10.3. The van der Waals surface area contributed by atoms with E-state index in [9.17, 15) is 0 Å². The van der Waals surface area contributed by atoms with Crippen LogP contribution >= 0.6 is 33.9 Å². The smallest absolute Gasteiger partial charge is 0.0656 e. The molecule has 0 radical (unpaired) electrons. The number of nitrogens with one attached hydrogen (secondary N) is 1. The molecule has 0 saturated heterocycles. The molecule has 1 N–H and O–H groups in total. The molecule has 1 fully saturated rings. The Balaban J connectivity index is 1.85. The van der Waals surface area contributed by atoms with Crippen LogP contribution in [0.3, 0.4) is 0 Å². The monoisotopic (exact) mass is 279 g/mol. The molecule has 11 heavy (non-hydrogen) atoms. The second kappa shape index (κ2) is 3.41. The second-order valence-corrected chi connectivity index (χ2v) is 5.72. The van der Waals surface area contributed by atoms with E-state index < -0.39 is 0 Å². The second-order valence-electron chi connectivity index (χ2n) is 2.91. The number of hydrogen-bond acceptors (Lipinski definition) is 2. The van der Waals surface area contributed by atoms with Crippen LogP contribution in [0.15, 0.2) is 11.4 Å². The van der Waals surface area contributed by atoms with E-state index in [1.54, 1.807) is 0 Å². The van der Waals surface area contributed by atoms with E-state index in [0.29, 0.717) is 0 Å². The van der Waals surface area contributed by atoms with Crippen LogP contribution in [-0.2, 0) is 6.54 Å². The molecule has 60 valence electrons. The first-order valence-electron chi connectivity index (χ1n) is 3.81. The van der Waals surface area contributed by atoms with Crippen LogP contribution in [0.1, 0.15) is 18.4 Å². The van der Waals surface area contributed by atoms with Gasteiger partial charge < -0.3 is 5.32 Å². The third kappa shape index (κ3) is 2.42. The maximum absolute atomic E-state index is 3.49. The van der Waals surface area contributed by atoms with Gasteiger partial charge in [-0.15, -0.1) is 11.3 Å². The van der Waals surface area contributed by atoms with E-state index in [1.165, 1.54) is 21.3 Å². The van der Waals surface area contributed by atoms with Crippen LogP contribution < -0.4 is 5.32 Å². The maximum atomic E-state index is 3.49. The maximum Gasteiger partial charge on any atom is 0.0656 e. The molecule has 0 unspecified atom stereocenters. The Kier molecular flexibility index (Phi) is 2.48. The summed E-state index contributed by atoms with van der Waals surface area (Å²) in [6.45, 7) is 1.06. The van der Waals surface area contributed by atoms with Crippen molar-refractivity contribution in [1.29, 1.82) is 0 Å². The zero-order valence-electron chi connectivity index (χ0n) is 6.14. The molecule has 1 aliphatic carbocycles. The fourth-order valence-electron chi connectivity index (χ4n) is 0.988. The van der Waals surface area contributed by atoms with E-state index in [4.69, 9.17) is 0 Å². The van der Waals surface area contributed by atoms with Crippen molar-refractivity contribution < 1.29 is 0 Å². The summed E-state index contributed by atoms with van der Waals surface area (Å²) in [5, 5.41) is 5.72. The van der Waals surface area contributed by atoms with Crippen LogP contribution in [0.5, 0.6) is 0 Å². The van der Waals surface area contributed by atoms with Crippen molar-refractivity contribution in [3.8, 4) is 0 Å². The van der Waals surface area contributed by atoms with E-state index in [2.05, 4.69) is 39.4 Å².